The number of benzene rings is 1. The van der Waals surface area contributed by atoms with E-state index in [-0.39, 0.29) is 12.0 Å². The third kappa shape index (κ3) is 2.37. The third-order valence-electron chi connectivity index (χ3n) is 3.26. The van der Waals surface area contributed by atoms with Crippen molar-refractivity contribution in [2.75, 3.05) is 7.11 Å². The molecule has 1 heterocycles. The molecule has 96 valence electrons. The molecule has 3 nitrogen and oxygen atoms in total. The summed E-state index contributed by atoms with van der Waals surface area (Å²) >= 11 is 0. The average Bonchev–Trinajstić information content (AvgIpc) is 2.38. The maximum Gasteiger partial charge on any atom is 0.107 e. The van der Waals surface area contributed by atoms with Crippen molar-refractivity contribution < 1.29 is 9.84 Å². The van der Waals surface area contributed by atoms with Gasteiger partial charge >= 0.3 is 0 Å². The normalized spacial score (nSPS) is 14.9. The Bertz CT molecular complexity index is 519. The van der Waals surface area contributed by atoms with Crippen molar-refractivity contribution in [3.05, 3.63) is 42.2 Å². The van der Waals surface area contributed by atoms with Gasteiger partial charge in [0.1, 0.15) is 6.10 Å². The van der Waals surface area contributed by atoms with Crippen molar-refractivity contribution in [3.63, 3.8) is 0 Å². The first-order chi connectivity index (χ1) is 8.65. The molecule has 3 heteroatoms. The van der Waals surface area contributed by atoms with E-state index < -0.39 is 6.10 Å². The van der Waals surface area contributed by atoms with Crippen molar-refractivity contribution >= 4 is 10.8 Å². The number of methoxy groups -OCH3 is 1. The second-order valence-electron chi connectivity index (χ2n) is 4.84. The molecular weight excluding hydrogens is 226 g/mol. The molecule has 0 radical (unpaired) electrons. The van der Waals surface area contributed by atoms with E-state index in [1.54, 1.807) is 13.3 Å². The Hall–Kier alpha value is -1.45. The predicted octanol–water partition coefficient (Wildman–Crippen LogP) is 2.94. The van der Waals surface area contributed by atoms with Gasteiger partial charge in [0.05, 0.1) is 6.10 Å². The number of aliphatic hydroxyl groups is 1. The van der Waals surface area contributed by atoms with Gasteiger partial charge in [0.15, 0.2) is 0 Å². The summed E-state index contributed by atoms with van der Waals surface area (Å²) in [7, 11) is 1.63. The van der Waals surface area contributed by atoms with Crippen LogP contribution < -0.4 is 0 Å². The highest BCUT2D eigenvalue weighted by Crippen LogP contribution is 2.29. The number of aromatic nitrogens is 1. The van der Waals surface area contributed by atoms with E-state index >= 15 is 0 Å². The lowest BCUT2D eigenvalue weighted by atomic mass is 9.94. The third-order valence-corrected chi connectivity index (χ3v) is 3.26. The molecular formula is C15H19NO2. The molecule has 1 aromatic heterocycles. The molecule has 2 aromatic rings. The number of hydrogen-bond donors (Lipinski definition) is 1. The number of pyridine rings is 1. The minimum absolute atomic E-state index is 0.224. The number of nitrogens with zero attached hydrogens (tertiary/aromatic N) is 1. The van der Waals surface area contributed by atoms with Crippen LogP contribution in [0.1, 0.15) is 25.5 Å². The quantitative estimate of drug-likeness (QED) is 0.900. The maximum atomic E-state index is 10.5. The first kappa shape index (κ1) is 13.0. The molecule has 0 aliphatic heterocycles. The Kier molecular flexibility index (Phi) is 3.94. The molecule has 1 aromatic carbocycles. The summed E-state index contributed by atoms with van der Waals surface area (Å²) in [4.78, 5) is 4.19. The fourth-order valence-corrected chi connectivity index (χ4v) is 2.32. The summed E-state index contributed by atoms with van der Waals surface area (Å²) < 4.78 is 5.40. The molecule has 2 rings (SSSR count). The number of hydrogen-bond acceptors (Lipinski definition) is 3. The minimum Gasteiger partial charge on any atom is -0.386 e. The van der Waals surface area contributed by atoms with Crippen molar-refractivity contribution in [1.29, 1.82) is 0 Å². The van der Waals surface area contributed by atoms with E-state index in [0.29, 0.717) is 0 Å². The summed E-state index contributed by atoms with van der Waals surface area (Å²) in [6.07, 6.45) is 2.65. The molecule has 18 heavy (non-hydrogen) atoms. The Morgan fingerprint density at radius 3 is 2.56 bits per heavy atom. The van der Waals surface area contributed by atoms with Crippen LogP contribution in [-0.2, 0) is 4.74 Å². The van der Waals surface area contributed by atoms with Crippen molar-refractivity contribution in [2.45, 2.75) is 26.1 Å². The molecule has 2 atom stereocenters. The number of aliphatic hydroxyl groups excluding tert-OH is 1. The second-order valence-corrected chi connectivity index (χ2v) is 4.84. The van der Waals surface area contributed by atoms with Crippen molar-refractivity contribution in [3.8, 4) is 0 Å². The van der Waals surface area contributed by atoms with Crippen LogP contribution in [0.3, 0.4) is 0 Å². The standard InChI is InChI=1S/C15H19NO2/c1-10(2)15(18-3)14(17)13-9-16-8-11-6-4-5-7-12(11)13/h4-10,14-15,17H,1-3H3. The smallest absolute Gasteiger partial charge is 0.107 e. The van der Waals surface area contributed by atoms with Gasteiger partial charge in [-0.3, -0.25) is 4.98 Å². The van der Waals surface area contributed by atoms with Gasteiger partial charge in [-0.05, 0) is 11.3 Å². The second kappa shape index (κ2) is 5.46. The molecule has 0 amide bonds. The monoisotopic (exact) mass is 245 g/mol. The first-order valence-corrected chi connectivity index (χ1v) is 6.18. The lowest BCUT2D eigenvalue weighted by molar-refractivity contribution is -0.0385. The molecule has 0 aliphatic carbocycles. The van der Waals surface area contributed by atoms with E-state index in [0.717, 1.165) is 16.3 Å². The molecule has 0 bridgehead atoms. The zero-order valence-corrected chi connectivity index (χ0v) is 11.0. The summed E-state index contributed by atoms with van der Waals surface area (Å²) in [5, 5.41) is 12.5. The Morgan fingerprint density at radius 2 is 1.89 bits per heavy atom. The maximum absolute atomic E-state index is 10.5. The van der Waals surface area contributed by atoms with Crippen molar-refractivity contribution in [2.24, 2.45) is 5.92 Å². The zero-order chi connectivity index (χ0) is 13.1. The van der Waals surface area contributed by atoms with Gasteiger partial charge in [-0.25, -0.2) is 0 Å². The Labute approximate surface area is 107 Å². The van der Waals surface area contributed by atoms with Crippen LogP contribution in [0.2, 0.25) is 0 Å². The van der Waals surface area contributed by atoms with Crippen LogP contribution in [0, 0.1) is 5.92 Å². The van der Waals surface area contributed by atoms with Gasteiger partial charge < -0.3 is 9.84 Å². The van der Waals surface area contributed by atoms with Crippen LogP contribution in [0.4, 0.5) is 0 Å². The van der Waals surface area contributed by atoms with E-state index in [1.165, 1.54) is 0 Å². The van der Waals surface area contributed by atoms with Crippen LogP contribution >= 0.6 is 0 Å². The molecule has 0 aliphatic rings. The molecule has 1 N–H and O–H groups in total. The summed E-state index contributed by atoms with van der Waals surface area (Å²) in [6, 6.07) is 7.94. The van der Waals surface area contributed by atoms with Crippen LogP contribution in [0.5, 0.6) is 0 Å². The van der Waals surface area contributed by atoms with E-state index in [1.807, 2.05) is 44.3 Å². The van der Waals surface area contributed by atoms with E-state index in [2.05, 4.69) is 4.98 Å². The largest absolute Gasteiger partial charge is 0.386 e. The fraction of sp³-hybridized carbons (Fsp3) is 0.400. The van der Waals surface area contributed by atoms with Gasteiger partial charge in [0, 0.05) is 30.5 Å². The van der Waals surface area contributed by atoms with Gasteiger partial charge in [-0.2, -0.15) is 0 Å². The van der Waals surface area contributed by atoms with Crippen LogP contribution in [0.25, 0.3) is 10.8 Å². The summed E-state index contributed by atoms with van der Waals surface area (Å²) in [5.74, 6) is 0.240. The molecule has 2 unspecified atom stereocenters. The Morgan fingerprint density at radius 1 is 1.17 bits per heavy atom. The van der Waals surface area contributed by atoms with Gasteiger partial charge in [0.2, 0.25) is 0 Å². The fourth-order valence-electron chi connectivity index (χ4n) is 2.32. The highest BCUT2D eigenvalue weighted by Gasteiger charge is 2.25. The van der Waals surface area contributed by atoms with Crippen molar-refractivity contribution in [1.82, 2.24) is 4.98 Å². The number of rotatable bonds is 4. The highest BCUT2D eigenvalue weighted by molar-refractivity contribution is 5.84. The van der Waals surface area contributed by atoms with Gasteiger partial charge in [-0.15, -0.1) is 0 Å². The van der Waals surface area contributed by atoms with E-state index in [9.17, 15) is 5.11 Å². The predicted molar refractivity (Wildman–Crippen MR) is 72.3 cm³/mol. The van der Waals surface area contributed by atoms with Gasteiger partial charge in [-0.1, -0.05) is 38.1 Å². The van der Waals surface area contributed by atoms with E-state index in [4.69, 9.17) is 4.74 Å². The SMILES string of the molecule is COC(C(C)C)C(O)c1cncc2ccccc12. The first-order valence-electron chi connectivity index (χ1n) is 6.18. The number of ether oxygens (including phenoxy) is 1. The molecule has 0 saturated carbocycles. The summed E-state index contributed by atoms with van der Waals surface area (Å²) in [6.45, 7) is 4.08. The average molecular weight is 245 g/mol. The Balaban J connectivity index is 2.47. The van der Waals surface area contributed by atoms with Crippen LogP contribution in [-0.4, -0.2) is 23.3 Å². The van der Waals surface area contributed by atoms with Crippen LogP contribution in [0.15, 0.2) is 36.7 Å². The zero-order valence-electron chi connectivity index (χ0n) is 11.0. The molecule has 0 spiro atoms. The molecule has 0 fully saturated rings. The highest BCUT2D eigenvalue weighted by atomic mass is 16.5. The van der Waals surface area contributed by atoms with Gasteiger partial charge in [0.25, 0.3) is 0 Å². The molecule has 0 saturated heterocycles. The summed E-state index contributed by atoms with van der Waals surface area (Å²) in [5.41, 5.74) is 0.827. The number of fused-ring (bicyclic) bond motifs is 1. The minimum atomic E-state index is -0.659. The lowest BCUT2D eigenvalue weighted by Gasteiger charge is -2.25. The lowest BCUT2D eigenvalue weighted by Crippen LogP contribution is -2.26. The topological polar surface area (TPSA) is 42.4 Å².